The molecule has 0 saturated carbocycles. The molecule has 0 amide bonds. The first kappa shape index (κ1) is 19.9. The maximum atomic E-state index is 6.07. The Bertz CT molecular complexity index is 789. The minimum absolute atomic E-state index is 0.160. The lowest BCUT2D eigenvalue weighted by molar-refractivity contribution is 0.242. The fraction of sp³-hybridized carbons (Fsp3) is 0.409. The average Bonchev–Trinajstić information content (AvgIpc) is 3.16. The molecule has 0 bridgehead atoms. The predicted octanol–water partition coefficient (Wildman–Crippen LogP) is 3.74. The zero-order valence-electron chi connectivity index (χ0n) is 16.9. The molecule has 6 nitrogen and oxygen atoms in total. The van der Waals surface area contributed by atoms with Gasteiger partial charge >= 0.3 is 0 Å². The zero-order chi connectivity index (χ0) is 19.9. The van der Waals surface area contributed by atoms with Crippen molar-refractivity contribution in [1.82, 2.24) is 0 Å². The second kappa shape index (κ2) is 9.35. The van der Waals surface area contributed by atoms with E-state index in [1.54, 1.807) is 7.11 Å². The molecule has 0 aromatic heterocycles. The number of rotatable bonds is 7. The van der Waals surface area contributed by atoms with Crippen LogP contribution in [0.1, 0.15) is 20.3 Å². The molecular weight excluding hydrogens is 352 g/mol. The van der Waals surface area contributed by atoms with Crippen molar-refractivity contribution in [3.8, 4) is 11.5 Å². The first-order valence-corrected chi connectivity index (χ1v) is 9.76. The van der Waals surface area contributed by atoms with Gasteiger partial charge in [0.15, 0.2) is 5.96 Å². The number of anilines is 2. The lowest BCUT2D eigenvalue weighted by atomic mass is 10.1. The van der Waals surface area contributed by atoms with Crippen LogP contribution in [0.15, 0.2) is 53.5 Å². The number of hydrogen-bond donors (Lipinski definition) is 2. The number of guanidine groups is 1. The van der Waals surface area contributed by atoms with E-state index in [2.05, 4.69) is 21.3 Å². The highest BCUT2D eigenvalue weighted by atomic mass is 16.5. The highest BCUT2D eigenvalue weighted by Crippen LogP contribution is 2.32. The molecule has 0 spiro atoms. The number of nitrogens with two attached hydrogens (primary N) is 1. The van der Waals surface area contributed by atoms with Crippen LogP contribution in [0, 0.1) is 5.92 Å². The molecule has 6 heteroatoms. The Morgan fingerprint density at radius 3 is 2.68 bits per heavy atom. The predicted molar refractivity (Wildman–Crippen MR) is 116 cm³/mol. The van der Waals surface area contributed by atoms with Crippen LogP contribution in [-0.4, -0.2) is 38.8 Å². The minimum Gasteiger partial charge on any atom is -0.495 e. The monoisotopic (exact) mass is 382 g/mol. The molecule has 1 aliphatic heterocycles. The van der Waals surface area contributed by atoms with E-state index < -0.39 is 0 Å². The number of nitrogens with one attached hydrogen (secondary N) is 1. The summed E-state index contributed by atoms with van der Waals surface area (Å²) >= 11 is 0. The molecule has 1 saturated heterocycles. The van der Waals surface area contributed by atoms with Crippen molar-refractivity contribution in [2.24, 2.45) is 16.6 Å². The first-order chi connectivity index (χ1) is 13.5. The van der Waals surface area contributed by atoms with Gasteiger partial charge in [-0.25, -0.2) is 0 Å². The molecule has 3 rings (SSSR count). The van der Waals surface area contributed by atoms with Crippen LogP contribution in [0.25, 0.3) is 0 Å². The Labute approximate surface area is 167 Å². The van der Waals surface area contributed by atoms with Crippen LogP contribution in [-0.2, 0) is 0 Å². The summed E-state index contributed by atoms with van der Waals surface area (Å²) in [4.78, 5) is 6.89. The van der Waals surface area contributed by atoms with Gasteiger partial charge in [0.05, 0.1) is 18.9 Å². The van der Waals surface area contributed by atoms with E-state index in [-0.39, 0.29) is 6.10 Å². The third-order valence-electron chi connectivity index (χ3n) is 4.73. The Morgan fingerprint density at radius 1 is 1.21 bits per heavy atom. The second-order valence-corrected chi connectivity index (χ2v) is 7.31. The summed E-state index contributed by atoms with van der Waals surface area (Å²) in [6.45, 7) is 6.69. The molecule has 0 aliphatic carbocycles. The SMILES string of the molecule is COc1ccccc1N1CCC(CN=C(N)Nc2ccc(OC(C)C)cc2)C1. The normalized spacial score (nSPS) is 17.1. The minimum atomic E-state index is 0.160. The van der Waals surface area contributed by atoms with Crippen LogP contribution in [0.3, 0.4) is 0 Å². The van der Waals surface area contributed by atoms with Crippen LogP contribution < -0.4 is 25.4 Å². The molecule has 150 valence electrons. The Hall–Kier alpha value is -2.89. The van der Waals surface area contributed by atoms with Gasteiger partial charge in [0, 0.05) is 25.3 Å². The van der Waals surface area contributed by atoms with Crippen molar-refractivity contribution in [2.75, 3.05) is 37.0 Å². The van der Waals surface area contributed by atoms with Gasteiger partial charge in [-0.05, 0) is 62.6 Å². The number of benzene rings is 2. The van der Waals surface area contributed by atoms with Gasteiger partial charge < -0.3 is 25.4 Å². The molecule has 1 atom stereocenters. The second-order valence-electron chi connectivity index (χ2n) is 7.31. The molecule has 0 radical (unpaired) electrons. The lowest BCUT2D eigenvalue weighted by Crippen LogP contribution is -2.25. The lowest BCUT2D eigenvalue weighted by Gasteiger charge is -2.21. The van der Waals surface area contributed by atoms with Crippen LogP contribution in [0.2, 0.25) is 0 Å². The number of hydrogen-bond acceptors (Lipinski definition) is 4. The average molecular weight is 383 g/mol. The number of ether oxygens (including phenoxy) is 2. The van der Waals surface area contributed by atoms with Crippen LogP contribution >= 0.6 is 0 Å². The molecule has 1 aliphatic rings. The van der Waals surface area contributed by atoms with Gasteiger partial charge in [0.25, 0.3) is 0 Å². The molecule has 2 aromatic carbocycles. The van der Waals surface area contributed by atoms with E-state index in [9.17, 15) is 0 Å². The van der Waals surface area contributed by atoms with Gasteiger partial charge in [-0.15, -0.1) is 0 Å². The van der Waals surface area contributed by atoms with Gasteiger partial charge in [-0.2, -0.15) is 0 Å². The summed E-state index contributed by atoms with van der Waals surface area (Å²) in [5.74, 6) is 2.68. The molecule has 2 aromatic rings. The standard InChI is InChI=1S/C22H30N4O2/c1-16(2)28-19-10-8-18(9-11-19)25-22(23)24-14-17-12-13-26(15-17)20-6-4-5-7-21(20)27-3/h4-11,16-17H,12-15H2,1-3H3,(H3,23,24,25). The molecule has 3 N–H and O–H groups in total. The van der Waals surface area contributed by atoms with Crippen molar-refractivity contribution in [2.45, 2.75) is 26.4 Å². The van der Waals surface area contributed by atoms with E-state index in [4.69, 9.17) is 15.2 Å². The maximum absolute atomic E-state index is 6.07. The van der Waals surface area contributed by atoms with Gasteiger partial charge in [-0.3, -0.25) is 4.99 Å². The number of aliphatic imine (C=N–C) groups is 1. The molecule has 1 unspecified atom stereocenters. The van der Waals surface area contributed by atoms with Gasteiger partial charge in [0.1, 0.15) is 11.5 Å². The Morgan fingerprint density at radius 2 is 1.96 bits per heavy atom. The van der Waals surface area contributed by atoms with E-state index in [1.807, 2.05) is 56.3 Å². The Balaban J connectivity index is 1.51. The van der Waals surface area contributed by atoms with Crippen molar-refractivity contribution in [3.63, 3.8) is 0 Å². The van der Waals surface area contributed by atoms with Crippen LogP contribution in [0.4, 0.5) is 11.4 Å². The molecule has 1 heterocycles. The van der Waals surface area contributed by atoms with Gasteiger partial charge in [0.2, 0.25) is 0 Å². The fourth-order valence-corrected chi connectivity index (χ4v) is 3.40. The zero-order valence-corrected chi connectivity index (χ0v) is 16.9. The maximum Gasteiger partial charge on any atom is 0.193 e. The van der Waals surface area contributed by atoms with Gasteiger partial charge in [-0.1, -0.05) is 12.1 Å². The number of nitrogens with zero attached hydrogens (tertiary/aromatic N) is 2. The van der Waals surface area contributed by atoms with Crippen molar-refractivity contribution < 1.29 is 9.47 Å². The first-order valence-electron chi connectivity index (χ1n) is 9.76. The van der Waals surface area contributed by atoms with E-state index in [0.29, 0.717) is 18.4 Å². The number of para-hydroxylation sites is 2. The van der Waals surface area contributed by atoms with E-state index >= 15 is 0 Å². The van der Waals surface area contributed by atoms with Crippen LogP contribution in [0.5, 0.6) is 11.5 Å². The van der Waals surface area contributed by atoms with Crippen molar-refractivity contribution in [3.05, 3.63) is 48.5 Å². The largest absolute Gasteiger partial charge is 0.495 e. The molecule has 1 fully saturated rings. The third-order valence-corrected chi connectivity index (χ3v) is 4.73. The topological polar surface area (TPSA) is 72.1 Å². The fourth-order valence-electron chi connectivity index (χ4n) is 3.40. The summed E-state index contributed by atoms with van der Waals surface area (Å²) in [7, 11) is 1.71. The summed E-state index contributed by atoms with van der Waals surface area (Å²) in [6, 6.07) is 15.9. The van der Waals surface area contributed by atoms with Crippen molar-refractivity contribution >= 4 is 17.3 Å². The summed E-state index contributed by atoms with van der Waals surface area (Å²) in [6.07, 6.45) is 1.25. The van der Waals surface area contributed by atoms with E-state index in [1.165, 1.54) is 0 Å². The third kappa shape index (κ3) is 5.31. The number of methoxy groups -OCH3 is 1. The van der Waals surface area contributed by atoms with E-state index in [0.717, 1.165) is 42.4 Å². The highest BCUT2D eigenvalue weighted by molar-refractivity contribution is 5.92. The molecular formula is C22H30N4O2. The van der Waals surface area contributed by atoms with Crippen molar-refractivity contribution in [1.29, 1.82) is 0 Å². The summed E-state index contributed by atoms with van der Waals surface area (Å²) in [5, 5.41) is 3.15. The smallest absolute Gasteiger partial charge is 0.193 e. The molecule has 28 heavy (non-hydrogen) atoms. The highest BCUT2D eigenvalue weighted by Gasteiger charge is 2.24. The Kier molecular flexibility index (Phi) is 6.63. The summed E-state index contributed by atoms with van der Waals surface area (Å²) < 4.78 is 11.1. The quantitative estimate of drug-likeness (QED) is 0.564. The summed E-state index contributed by atoms with van der Waals surface area (Å²) in [5.41, 5.74) is 8.12.